The van der Waals surface area contributed by atoms with Crippen LogP contribution >= 0.6 is 0 Å². The molecule has 4 heteroatoms. The van der Waals surface area contributed by atoms with Crippen molar-refractivity contribution in [3.05, 3.63) is 0 Å². The van der Waals surface area contributed by atoms with Crippen LogP contribution < -0.4 is 0 Å². The summed E-state index contributed by atoms with van der Waals surface area (Å²) in [6.07, 6.45) is 0.882. The summed E-state index contributed by atoms with van der Waals surface area (Å²) in [5, 5.41) is 15.7. The molecule has 4 nitrogen and oxygen atoms in total. The van der Waals surface area contributed by atoms with Gasteiger partial charge in [0.25, 0.3) is 5.97 Å². The van der Waals surface area contributed by atoms with E-state index in [-0.39, 0.29) is 0 Å². The van der Waals surface area contributed by atoms with Gasteiger partial charge in [0.15, 0.2) is 0 Å². The molecule has 0 aromatic rings. The highest BCUT2D eigenvalue weighted by Crippen LogP contribution is 1.77. The average molecular weight is 163 g/mol. The van der Waals surface area contributed by atoms with Crippen molar-refractivity contribution >= 4 is 5.97 Å². The molecule has 0 atom stereocenters. The molecule has 0 aliphatic carbocycles. The molecule has 0 saturated carbocycles. The molecule has 0 rings (SSSR count). The van der Waals surface area contributed by atoms with Gasteiger partial charge in [-0.3, -0.25) is 4.79 Å². The largest absolute Gasteiger partial charge is 0.481 e. The standard InChI is InChI=1S/C5H13NO.C2H4O2/c1-6(2)4-3-5-7;1-2(3)4/h7H,3-5H2,1-2H3;1H3,(H,3,4). The Balaban J connectivity index is 0. The fourth-order valence-corrected chi connectivity index (χ4v) is 0.387. The highest BCUT2D eigenvalue weighted by atomic mass is 16.4. The highest BCUT2D eigenvalue weighted by Gasteiger charge is 1.84. The van der Waals surface area contributed by atoms with Crippen LogP contribution in [-0.4, -0.2) is 48.3 Å². The summed E-state index contributed by atoms with van der Waals surface area (Å²) in [4.78, 5) is 11.1. The Morgan fingerprint density at radius 2 is 1.82 bits per heavy atom. The van der Waals surface area contributed by atoms with Crippen molar-refractivity contribution < 1.29 is 15.0 Å². The Hall–Kier alpha value is -0.610. The van der Waals surface area contributed by atoms with Crippen molar-refractivity contribution in [3.63, 3.8) is 0 Å². The number of aliphatic hydroxyl groups is 1. The van der Waals surface area contributed by atoms with Crippen molar-refractivity contribution in [3.8, 4) is 0 Å². The predicted octanol–water partition coefficient (Wildman–Crippen LogP) is 0.0213. The summed E-state index contributed by atoms with van der Waals surface area (Å²) in [5.41, 5.74) is 0. The van der Waals surface area contributed by atoms with E-state index in [4.69, 9.17) is 15.0 Å². The first-order chi connectivity index (χ1) is 5.00. The summed E-state index contributed by atoms with van der Waals surface area (Å²) < 4.78 is 0. The molecule has 0 heterocycles. The van der Waals surface area contributed by atoms with Crippen LogP contribution in [0.1, 0.15) is 13.3 Å². The first-order valence-electron chi connectivity index (χ1n) is 3.45. The van der Waals surface area contributed by atoms with Gasteiger partial charge in [-0.1, -0.05) is 0 Å². The molecule has 2 N–H and O–H groups in total. The second-order valence-corrected chi connectivity index (χ2v) is 2.40. The number of hydrogen-bond donors (Lipinski definition) is 2. The summed E-state index contributed by atoms with van der Waals surface area (Å²) in [6.45, 7) is 2.37. The van der Waals surface area contributed by atoms with Crippen LogP contribution in [0.25, 0.3) is 0 Å². The third-order valence-corrected chi connectivity index (χ3v) is 0.763. The zero-order chi connectivity index (χ0) is 9.28. The third kappa shape index (κ3) is 44.6. The highest BCUT2D eigenvalue weighted by molar-refractivity contribution is 5.62. The van der Waals surface area contributed by atoms with Crippen molar-refractivity contribution in [2.24, 2.45) is 0 Å². The summed E-state index contributed by atoms with van der Waals surface area (Å²) in [5.74, 6) is -0.833. The molecular weight excluding hydrogens is 146 g/mol. The van der Waals surface area contributed by atoms with E-state index in [0.717, 1.165) is 19.9 Å². The molecule has 0 bridgehead atoms. The van der Waals surface area contributed by atoms with Crippen molar-refractivity contribution in [1.82, 2.24) is 4.90 Å². The van der Waals surface area contributed by atoms with Crippen molar-refractivity contribution in [2.75, 3.05) is 27.2 Å². The lowest BCUT2D eigenvalue weighted by atomic mass is 10.4. The van der Waals surface area contributed by atoms with E-state index in [1.165, 1.54) is 0 Å². The summed E-state index contributed by atoms with van der Waals surface area (Å²) in [6, 6.07) is 0. The van der Waals surface area contributed by atoms with Crippen LogP contribution in [0.15, 0.2) is 0 Å². The molecule has 0 amide bonds. The average Bonchev–Trinajstić information content (AvgIpc) is 1.82. The molecule has 68 valence electrons. The van der Waals surface area contributed by atoms with Gasteiger partial charge in [0.05, 0.1) is 0 Å². The minimum Gasteiger partial charge on any atom is -0.481 e. The van der Waals surface area contributed by atoms with Gasteiger partial charge in [0.1, 0.15) is 0 Å². The number of carboxylic acids is 1. The lowest BCUT2D eigenvalue weighted by Gasteiger charge is -2.05. The molecule has 0 spiro atoms. The zero-order valence-corrected chi connectivity index (χ0v) is 7.37. The molecule has 0 aliphatic heterocycles. The fraction of sp³-hybridized carbons (Fsp3) is 0.857. The SMILES string of the molecule is CC(=O)O.CN(C)CCCO. The van der Waals surface area contributed by atoms with E-state index in [0.29, 0.717) is 6.61 Å². The van der Waals surface area contributed by atoms with E-state index in [9.17, 15) is 0 Å². The molecule has 0 aromatic carbocycles. The van der Waals surface area contributed by atoms with Crippen LogP contribution in [0, 0.1) is 0 Å². The Labute approximate surface area is 67.4 Å². The maximum Gasteiger partial charge on any atom is 0.300 e. The van der Waals surface area contributed by atoms with E-state index in [1.807, 2.05) is 14.1 Å². The quantitative estimate of drug-likeness (QED) is 0.616. The van der Waals surface area contributed by atoms with Gasteiger partial charge in [0, 0.05) is 13.5 Å². The molecule has 0 aromatic heterocycles. The number of aliphatic hydroxyl groups excluding tert-OH is 1. The van der Waals surface area contributed by atoms with Crippen LogP contribution in [0.2, 0.25) is 0 Å². The number of hydrogen-bond acceptors (Lipinski definition) is 3. The third-order valence-electron chi connectivity index (χ3n) is 0.763. The Bertz CT molecular complexity index is 89.7. The molecule has 0 radical (unpaired) electrons. The smallest absolute Gasteiger partial charge is 0.300 e. The van der Waals surface area contributed by atoms with Crippen molar-refractivity contribution in [1.29, 1.82) is 0 Å². The normalized spacial score (nSPS) is 8.82. The van der Waals surface area contributed by atoms with E-state index in [2.05, 4.69) is 4.90 Å². The number of rotatable bonds is 3. The van der Waals surface area contributed by atoms with Gasteiger partial charge in [-0.2, -0.15) is 0 Å². The molecule has 0 aliphatic rings. The minimum absolute atomic E-state index is 0.304. The van der Waals surface area contributed by atoms with E-state index in [1.54, 1.807) is 0 Å². The lowest BCUT2D eigenvalue weighted by Crippen LogP contribution is -2.13. The van der Waals surface area contributed by atoms with Crippen LogP contribution in [-0.2, 0) is 4.79 Å². The van der Waals surface area contributed by atoms with Gasteiger partial charge in [-0.15, -0.1) is 0 Å². The Morgan fingerprint density at radius 3 is 1.91 bits per heavy atom. The second kappa shape index (κ2) is 9.39. The fourth-order valence-electron chi connectivity index (χ4n) is 0.387. The number of carboxylic acid groups (broad SMARTS) is 1. The molecule has 0 fully saturated rings. The molecule has 0 unspecified atom stereocenters. The number of nitrogens with zero attached hydrogens (tertiary/aromatic N) is 1. The number of aliphatic carboxylic acids is 1. The van der Waals surface area contributed by atoms with Crippen LogP contribution in [0.5, 0.6) is 0 Å². The van der Waals surface area contributed by atoms with Crippen LogP contribution in [0.4, 0.5) is 0 Å². The topological polar surface area (TPSA) is 60.8 Å². The second-order valence-electron chi connectivity index (χ2n) is 2.40. The van der Waals surface area contributed by atoms with E-state index >= 15 is 0 Å². The van der Waals surface area contributed by atoms with Crippen molar-refractivity contribution in [2.45, 2.75) is 13.3 Å². The van der Waals surface area contributed by atoms with E-state index < -0.39 is 5.97 Å². The Morgan fingerprint density at radius 1 is 1.45 bits per heavy atom. The molecule has 0 saturated heterocycles. The summed E-state index contributed by atoms with van der Waals surface area (Å²) >= 11 is 0. The monoisotopic (exact) mass is 163 g/mol. The van der Waals surface area contributed by atoms with Gasteiger partial charge >= 0.3 is 0 Å². The Kier molecular flexibility index (Phi) is 11.1. The van der Waals surface area contributed by atoms with Gasteiger partial charge in [-0.05, 0) is 27.1 Å². The first kappa shape index (κ1) is 13.0. The molecular formula is C7H17NO3. The first-order valence-corrected chi connectivity index (χ1v) is 3.45. The maximum absolute atomic E-state index is 9.00. The summed E-state index contributed by atoms with van der Waals surface area (Å²) in [7, 11) is 3.99. The maximum atomic E-state index is 9.00. The zero-order valence-electron chi connectivity index (χ0n) is 7.37. The van der Waals surface area contributed by atoms with Gasteiger partial charge in [0.2, 0.25) is 0 Å². The predicted molar refractivity (Wildman–Crippen MR) is 43.6 cm³/mol. The van der Waals surface area contributed by atoms with Gasteiger partial charge < -0.3 is 15.1 Å². The molecule has 11 heavy (non-hydrogen) atoms. The lowest BCUT2D eigenvalue weighted by molar-refractivity contribution is -0.134. The van der Waals surface area contributed by atoms with Crippen LogP contribution in [0.3, 0.4) is 0 Å². The van der Waals surface area contributed by atoms with Gasteiger partial charge in [-0.25, -0.2) is 0 Å². The minimum atomic E-state index is -0.833. The number of carbonyl (C=O) groups is 1.